The summed E-state index contributed by atoms with van der Waals surface area (Å²) in [6.45, 7) is 10.6. The Balaban J connectivity index is 0.00000119. The van der Waals surface area contributed by atoms with Gasteiger partial charge in [0.15, 0.2) is 5.82 Å². The summed E-state index contributed by atoms with van der Waals surface area (Å²) in [7, 11) is 1.70. The van der Waals surface area contributed by atoms with Gasteiger partial charge in [0.2, 0.25) is 0 Å². The molecular formula is C35H39N5O3. The minimum atomic E-state index is -0.726. The number of nitrogens with zero attached hydrogens (tertiary/aromatic N) is 4. The van der Waals surface area contributed by atoms with Crippen LogP contribution in [0.15, 0.2) is 120 Å². The Labute approximate surface area is 253 Å². The Kier molecular flexibility index (Phi) is 12.8. The number of hydrogen-bond donors (Lipinski definition) is 2. The van der Waals surface area contributed by atoms with Crippen molar-refractivity contribution < 1.29 is 14.6 Å². The van der Waals surface area contributed by atoms with E-state index in [0.717, 1.165) is 33.8 Å². The third-order valence-corrected chi connectivity index (χ3v) is 6.36. The fourth-order valence-electron chi connectivity index (χ4n) is 4.16. The van der Waals surface area contributed by atoms with Crippen LogP contribution in [0, 0.1) is 0 Å². The average molecular weight is 578 g/mol. The van der Waals surface area contributed by atoms with Crippen molar-refractivity contribution in [1.29, 1.82) is 0 Å². The van der Waals surface area contributed by atoms with Crippen molar-refractivity contribution in [3.63, 3.8) is 0 Å². The first-order valence-electron chi connectivity index (χ1n) is 14.0. The zero-order valence-corrected chi connectivity index (χ0v) is 24.9. The molecule has 8 heteroatoms. The molecule has 8 nitrogen and oxygen atoms in total. The molecule has 2 aromatic carbocycles. The van der Waals surface area contributed by atoms with Crippen molar-refractivity contribution in [2.75, 3.05) is 7.05 Å². The number of aliphatic imine (C=N–C) groups is 2. The Bertz CT molecular complexity index is 1510. The molecule has 1 saturated heterocycles. The molecule has 0 saturated carbocycles. The molecule has 222 valence electrons. The van der Waals surface area contributed by atoms with Crippen LogP contribution in [-0.4, -0.2) is 52.7 Å². The van der Waals surface area contributed by atoms with Gasteiger partial charge in [0.05, 0.1) is 24.6 Å². The van der Waals surface area contributed by atoms with Gasteiger partial charge in [-0.15, -0.1) is 0 Å². The molecule has 2 heterocycles. The average Bonchev–Trinajstić information content (AvgIpc) is 3.41. The molecule has 43 heavy (non-hydrogen) atoms. The molecule has 1 unspecified atom stereocenters. The standard InChI is InChI=1S/C31H33N5O3.C4H6/c1-4-22(2)33-21-34-28(17-18-32-3)36-31(24-13-9-6-10-14-24)27(30(35-36)23-11-7-5-8-12-23)16-15-26-19-25(37)20-29(38)39-26;1-3-4-2/h4-18,21,25-26,37H,19-20H2,1-3H3,(H,33,34);3-4H,1-2H2/b16-15+,22-4+,28-17+,32-18?;/t25?,26-;/m1./s1. The van der Waals surface area contributed by atoms with Gasteiger partial charge in [-0.2, -0.15) is 5.10 Å². The van der Waals surface area contributed by atoms with Crippen LogP contribution < -0.4 is 5.32 Å². The summed E-state index contributed by atoms with van der Waals surface area (Å²) in [6, 6.07) is 19.8. The number of aromatic nitrogens is 2. The lowest BCUT2D eigenvalue weighted by atomic mass is 9.99. The second kappa shape index (κ2) is 17.0. The largest absolute Gasteiger partial charge is 0.458 e. The summed E-state index contributed by atoms with van der Waals surface area (Å²) in [5.74, 6) is 0.139. The number of rotatable bonds is 10. The maximum Gasteiger partial charge on any atom is 0.309 e. The van der Waals surface area contributed by atoms with Crippen LogP contribution in [0.5, 0.6) is 0 Å². The highest BCUT2D eigenvalue weighted by molar-refractivity contribution is 5.88. The zero-order valence-electron chi connectivity index (χ0n) is 24.9. The highest BCUT2D eigenvalue weighted by Crippen LogP contribution is 2.36. The fraction of sp³-hybridized carbons (Fsp3) is 0.200. The summed E-state index contributed by atoms with van der Waals surface area (Å²) >= 11 is 0. The number of carbonyl (C=O) groups is 1. The zero-order chi connectivity index (χ0) is 31.0. The number of ether oxygens (including phenoxy) is 1. The molecule has 0 amide bonds. The number of aliphatic hydroxyl groups is 1. The maximum atomic E-state index is 12.0. The third-order valence-electron chi connectivity index (χ3n) is 6.36. The molecule has 1 aromatic heterocycles. The summed E-state index contributed by atoms with van der Waals surface area (Å²) in [5, 5.41) is 18.3. The van der Waals surface area contributed by atoms with Crippen molar-refractivity contribution in [2.24, 2.45) is 9.98 Å². The van der Waals surface area contributed by atoms with Gasteiger partial charge in [0.1, 0.15) is 11.8 Å². The van der Waals surface area contributed by atoms with Gasteiger partial charge in [0, 0.05) is 48.1 Å². The number of aliphatic hydroxyl groups excluding tert-OH is 1. The lowest BCUT2D eigenvalue weighted by Gasteiger charge is -2.23. The predicted octanol–water partition coefficient (Wildman–Crippen LogP) is 6.70. The van der Waals surface area contributed by atoms with Crippen LogP contribution in [0.3, 0.4) is 0 Å². The molecule has 2 atom stereocenters. The molecule has 4 rings (SSSR count). The van der Waals surface area contributed by atoms with Gasteiger partial charge in [-0.3, -0.25) is 9.79 Å². The third kappa shape index (κ3) is 9.48. The molecule has 1 fully saturated rings. The van der Waals surface area contributed by atoms with Crippen molar-refractivity contribution in [1.82, 2.24) is 15.1 Å². The molecule has 2 N–H and O–H groups in total. The number of benzene rings is 2. The van der Waals surface area contributed by atoms with Gasteiger partial charge >= 0.3 is 5.97 Å². The van der Waals surface area contributed by atoms with Crippen LogP contribution in [0.2, 0.25) is 0 Å². The molecule has 0 spiro atoms. The smallest absolute Gasteiger partial charge is 0.309 e. The minimum absolute atomic E-state index is 0.0126. The van der Waals surface area contributed by atoms with E-state index in [1.165, 1.54) is 0 Å². The number of esters is 1. The summed E-state index contributed by atoms with van der Waals surface area (Å²) in [4.78, 5) is 20.8. The van der Waals surface area contributed by atoms with E-state index >= 15 is 0 Å². The van der Waals surface area contributed by atoms with Crippen molar-refractivity contribution in [3.05, 3.63) is 115 Å². The topological polar surface area (TPSA) is 101 Å². The lowest BCUT2D eigenvalue weighted by Crippen LogP contribution is -2.31. The van der Waals surface area contributed by atoms with E-state index in [0.29, 0.717) is 12.2 Å². The van der Waals surface area contributed by atoms with Crippen LogP contribution >= 0.6 is 0 Å². The Morgan fingerprint density at radius 3 is 2.33 bits per heavy atom. The molecule has 0 aliphatic carbocycles. The van der Waals surface area contributed by atoms with E-state index in [4.69, 9.17) is 14.8 Å². The van der Waals surface area contributed by atoms with Crippen LogP contribution in [0.1, 0.15) is 32.3 Å². The molecule has 3 aromatic rings. The lowest BCUT2D eigenvalue weighted by molar-refractivity contribution is -0.156. The normalized spacial score (nSPS) is 17.5. The summed E-state index contributed by atoms with van der Waals surface area (Å²) in [6.07, 6.45) is 13.2. The predicted molar refractivity (Wildman–Crippen MR) is 177 cm³/mol. The first-order chi connectivity index (χ1) is 20.9. The van der Waals surface area contributed by atoms with Crippen LogP contribution in [-0.2, 0) is 9.53 Å². The number of cyclic esters (lactones) is 1. The summed E-state index contributed by atoms with van der Waals surface area (Å²) < 4.78 is 7.28. The van der Waals surface area contributed by atoms with Crippen LogP contribution in [0.25, 0.3) is 34.4 Å². The number of hydrogen-bond acceptors (Lipinski definition) is 6. The number of nitrogens with one attached hydrogen (secondary N) is 1. The molecule has 1 aliphatic rings. The van der Waals surface area contributed by atoms with Crippen LogP contribution in [0.4, 0.5) is 0 Å². The van der Waals surface area contributed by atoms with Gasteiger partial charge in [0.25, 0.3) is 0 Å². The highest BCUT2D eigenvalue weighted by atomic mass is 16.5. The van der Waals surface area contributed by atoms with E-state index in [2.05, 4.69) is 23.5 Å². The minimum Gasteiger partial charge on any atom is -0.458 e. The number of carbonyl (C=O) groups excluding carboxylic acids is 1. The molecule has 0 radical (unpaired) electrons. The van der Waals surface area contributed by atoms with Crippen molar-refractivity contribution in [3.8, 4) is 22.5 Å². The Morgan fingerprint density at radius 1 is 1.09 bits per heavy atom. The Hall–Kier alpha value is -5.08. The van der Waals surface area contributed by atoms with Crippen molar-refractivity contribution in [2.45, 2.75) is 38.9 Å². The first kappa shape index (κ1) is 32.4. The van der Waals surface area contributed by atoms with E-state index in [9.17, 15) is 9.90 Å². The molecule has 1 aliphatic heterocycles. The monoisotopic (exact) mass is 577 g/mol. The number of allylic oxidation sites excluding steroid dienone is 5. The van der Waals surface area contributed by atoms with Gasteiger partial charge < -0.3 is 15.2 Å². The fourth-order valence-corrected chi connectivity index (χ4v) is 4.16. The van der Waals surface area contributed by atoms with E-state index in [1.54, 1.807) is 42.5 Å². The SMILES string of the molecule is C/C=C(\C)N/C=N/C(=C\C=NC)n1nc(-c2ccccc2)c(/C=C/[C@@H]2CC(O)CC(=O)O2)c1-c1ccccc1.C=CC=C. The highest BCUT2D eigenvalue weighted by Gasteiger charge is 2.26. The van der Waals surface area contributed by atoms with Gasteiger partial charge in [-0.05, 0) is 19.9 Å². The second-order valence-corrected chi connectivity index (χ2v) is 9.51. The van der Waals surface area contributed by atoms with E-state index in [1.807, 2.05) is 92.7 Å². The van der Waals surface area contributed by atoms with Crippen molar-refractivity contribution >= 4 is 30.4 Å². The first-order valence-corrected chi connectivity index (χ1v) is 14.0. The van der Waals surface area contributed by atoms with Gasteiger partial charge in [-0.1, -0.05) is 98.1 Å². The Morgan fingerprint density at radius 2 is 1.74 bits per heavy atom. The summed E-state index contributed by atoms with van der Waals surface area (Å²) in [5.41, 5.74) is 5.19. The quantitative estimate of drug-likeness (QED) is 0.121. The molecule has 0 bridgehead atoms. The van der Waals surface area contributed by atoms with E-state index < -0.39 is 18.2 Å². The maximum absolute atomic E-state index is 12.0. The molecular weight excluding hydrogens is 538 g/mol. The van der Waals surface area contributed by atoms with E-state index in [-0.39, 0.29) is 6.42 Å². The second-order valence-electron chi connectivity index (χ2n) is 9.51. The van der Waals surface area contributed by atoms with Gasteiger partial charge in [-0.25, -0.2) is 9.67 Å².